The number of aryl methyl sites for hydroxylation is 1. The number of allylic oxidation sites excluding steroid dienone is 1. The van der Waals surface area contributed by atoms with E-state index in [1.165, 1.54) is 16.0 Å². The first-order valence-corrected chi connectivity index (χ1v) is 10.2. The maximum absolute atomic E-state index is 13.3. The van der Waals surface area contributed by atoms with Crippen molar-refractivity contribution in [2.24, 2.45) is 10.9 Å². The fourth-order valence-electron chi connectivity index (χ4n) is 4.22. The minimum atomic E-state index is -0.509. The first-order chi connectivity index (χ1) is 13.7. The maximum Gasteiger partial charge on any atom is 0.328 e. The van der Waals surface area contributed by atoms with Gasteiger partial charge in [0.25, 0.3) is 5.91 Å². The molecule has 3 aliphatic heterocycles. The molecule has 4 rings (SSSR count). The Balaban J connectivity index is 1.70. The van der Waals surface area contributed by atoms with Crippen LogP contribution in [0.25, 0.3) is 0 Å². The monoisotopic (exact) mass is 395 g/mol. The number of hydrogen-bond donors (Lipinski definition) is 0. The summed E-state index contributed by atoms with van der Waals surface area (Å²) >= 11 is 0. The summed E-state index contributed by atoms with van der Waals surface area (Å²) in [5.41, 5.74) is 4.44. The minimum absolute atomic E-state index is 0.163. The van der Waals surface area contributed by atoms with Crippen LogP contribution in [0.4, 0.5) is 10.5 Å². The molecule has 1 aromatic rings. The van der Waals surface area contributed by atoms with Gasteiger partial charge in [-0.3, -0.25) is 14.6 Å². The van der Waals surface area contributed by atoms with Gasteiger partial charge >= 0.3 is 6.03 Å². The Morgan fingerprint density at radius 1 is 1.14 bits per heavy atom. The quantitative estimate of drug-likeness (QED) is 0.785. The van der Waals surface area contributed by atoms with Gasteiger partial charge in [-0.05, 0) is 50.3 Å². The van der Waals surface area contributed by atoms with Crippen molar-refractivity contribution < 1.29 is 9.59 Å². The van der Waals surface area contributed by atoms with Gasteiger partial charge in [-0.2, -0.15) is 0 Å². The molecule has 1 saturated heterocycles. The Hall–Kier alpha value is -2.83. The first kappa shape index (κ1) is 19.5. The maximum atomic E-state index is 13.3. The fraction of sp³-hybridized carbons (Fsp3) is 0.500. The number of nitrogens with zero attached hydrogens (tertiary/aromatic N) is 5. The molecule has 2 unspecified atom stereocenters. The highest BCUT2D eigenvalue weighted by atomic mass is 16.2. The normalized spacial score (nSPS) is 23.7. The second-order valence-electron chi connectivity index (χ2n) is 8.59. The molecule has 0 aliphatic carbocycles. The molecular formula is C22H29N5O2. The fourth-order valence-corrected chi connectivity index (χ4v) is 4.22. The summed E-state index contributed by atoms with van der Waals surface area (Å²) in [5.74, 6) is 0.969. The van der Waals surface area contributed by atoms with Gasteiger partial charge in [-0.15, -0.1) is 0 Å². The number of fused-ring (bicyclic) bond motifs is 3. The summed E-state index contributed by atoms with van der Waals surface area (Å²) < 4.78 is 0. The molecule has 0 bridgehead atoms. The smallest absolute Gasteiger partial charge is 0.302 e. The second-order valence-corrected chi connectivity index (χ2v) is 8.59. The van der Waals surface area contributed by atoms with E-state index in [4.69, 9.17) is 4.99 Å². The second kappa shape index (κ2) is 6.90. The minimum Gasteiger partial charge on any atom is -0.302 e. The van der Waals surface area contributed by atoms with Crippen LogP contribution >= 0.6 is 0 Å². The number of carbonyl (C=O) groups excluding carboxylic acids is 2. The molecule has 154 valence electrons. The van der Waals surface area contributed by atoms with Gasteiger partial charge in [0.1, 0.15) is 0 Å². The van der Waals surface area contributed by atoms with Crippen LogP contribution in [0.5, 0.6) is 0 Å². The van der Waals surface area contributed by atoms with Crippen LogP contribution < -0.4 is 4.90 Å². The van der Waals surface area contributed by atoms with E-state index in [9.17, 15) is 9.59 Å². The Labute approximate surface area is 172 Å². The van der Waals surface area contributed by atoms with E-state index in [-0.39, 0.29) is 11.9 Å². The third-order valence-corrected chi connectivity index (χ3v) is 6.13. The van der Waals surface area contributed by atoms with Crippen LogP contribution in [-0.4, -0.2) is 58.4 Å². The van der Waals surface area contributed by atoms with Crippen LogP contribution in [0.3, 0.4) is 0 Å². The third kappa shape index (κ3) is 2.91. The highest BCUT2D eigenvalue weighted by molar-refractivity contribution is 6.10. The van der Waals surface area contributed by atoms with E-state index in [0.29, 0.717) is 18.4 Å². The molecule has 3 aliphatic rings. The van der Waals surface area contributed by atoms with Gasteiger partial charge < -0.3 is 9.80 Å². The van der Waals surface area contributed by atoms with Crippen molar-refractivity contribution in [1.82, 2.24) is 14.7 Å². The lowest BCUT2D eigenvalue weighted by molar-refractivity contribution is -0.136. The molecule has 29 heavy (non-hydrogen) atoms. The predicted octanol–water partition coefficient (Wildman–Crippen LogP) is 3.29. The average Bonchev–Trinajstić information content (AvgIpc) is 3.17. The highest BCUT2D eigenvalue weighted by Gasteiger charge is 2.54. The average molecular weight is 396 g/mol. The summed E-state index contributed by atoms with van der Waals surface area (Å²) in [6, 6.07) is 5.42. The summed E-state index contributed by atoms with van der Waals surface area (Å²) in [7, 11) is 1.74. The summed E-state index contributed by atoms with van der Waals surface area (Å²) in [4.78, 5) is 38.0. The van der Waals surface area contributed by atoms with Crippen LogP contribution in [0.15, 0.2) is 35.1 Å². The van der Waals surface area contributed by atoms with Crippen LogP contribution in [-0.2, 0) is 4.79 Å². The molecule has 1 aromatic carbocycles. The van der Waals surface area contributed by atoms with Gasteiger partial charge in [0, 0.05) is 25.5 Å². The molecule has 0 radical (unpaired) electrons. The zero-order valence-electron chi connectivity index (χ0n) is 18.0. The molecule has 3 amide bonds. The van der Waals surface area contributed by atoms with Crippen LogP contribution in [0.2, 0.25) is 0 Å². The van der Waals surface area contributed by atoms with Gasteiger partial charge in [0.05, 0.1) is 5.69 Å². The number of amides is 3. The van der Waals surface area contributed by atoms with Crippen molar-refractivity contribution in [2.75, 3.05) is 18.5 Å². The molecule has 3 heterocycles. The van der Waals surface area contributed by atoms with E-state index >= 15 is 0 Å². The Bertz CT molecular complexity index is 935. The number of aliphatic imine (C=N–C) groups is 1. The van der Waals surface area contributed by atoms with Crippen molar-refractivity contribution in [1.29, 1.82) is 0 Å². The summed E-state index contributed by atoms with van der Waals surface area (Å²) in [5, 5.41) is 0. The van der Waals surface area contributed by atoms with Crippen LogP contribution in [0.1, 0.15) is 38.3 Å². The zero-order chi connectivity index (χ0) is 21.0. The molecule has 2 atom stereocenters. The lowest BCUT2D eigenvalue weighted by Crippen LogP contribution is -2.64. The lowest BCUT2D eigenvalue weighted by atomic mass is 10.1. The van der Waals surface area contributed by atoms with Gasteiger partial charge in [0.2, 0.25) is 5.96 Å². The topological polar surface area (TPSA) is 59.5 Å². The summed E-state index contributed by atoms with van der Waals surface area (Å²) in [6.07, 6.45) is 2.27. The molecule has 7 nitrogen and oxygen atoms in total. The van der Waals surface area contributed by atoms with Crippen LogP contribution in [0, 0.1) is 19.8 Å². The number of benzene rings is 1. The molecule has 1 fully saturated rings. The summed E-state index contributed by atoms with van der Waals surface area (Å²) in [6.45, 7) is 10.8. The number of carbonyl (C=O) groups is 2. The first-order valence-electron chi connectivity index (χ1n) is 10.2. The molecule has 7 heteroatoms. The van der Waals surface area contributed by atoms with E-state index in [1.807, 2.05) is 24.1 Å². The molecular weight excluding hydrogens is 366 g/mol. The number of guanidine groups is 1. The predicted molar refractivity (Wildman–Crippen MR) is 113 cm³/mol. The Kier molecular flexibility index (Phi) is 4.63. The highest BCUT2D eigenvalue weighted by Crippen LogP contribution is 2.38. The number of urea groups is 1. The number of anilines is 1. The Morgan fingerprint density at radius 3 is 2.55 bits per heavy atom. The van der Waals surface area contributed by atoms with E-state index in [2.05, 4.69) is 44.7 Å². The molecule has 0 aromatic heterocycles. The molecule has 0 saturated carbocycles. The van der Waals surface area contributed by atoms with Gasteiger partial charge in [0.15, 0.2) is 12.2 Å². The Morgan fingerprint density at radius 2 is 1.86 bits per heavy atom. The SMILES string of the molecule is CC1=CN2C(=NC3C2C(=O)N(CCC(C)C)C(=O)N3C)N1c1cccc(C)c1C. The van der Waals surface area contributed by atoms with Crippen molar-refractivity contribution in [3.05, 3.63) is 41.2 Å². The van der Waals surface area contributed by atoms with Crippen molar-refractivity contribution in [2.45, 2.75) is 53.2 Å². The van der Waals surface area contributed by atoms with Gasteiger partial charge in [-0.25, -0.2) is 9.79 Å². The standard InChI is InChI=1S/C22H29N5O2/c1-13(2)10-11-25-20(28)18-19(24(6)22(25)29)23-21-26(18)12-15(4)27(21)17-9-7-8-14(3)16(17)5/h7-9,12-13,18-19H,10-11H2,1-6H3. The van der Waals surface area contributed by atoms with Crippen molar-refractivity contribution >= 4 is 23.6 Å². The van der Waals surface area contributed by atoms with E-state index in [1.54, 1.807) is 11.9 Å². The van der Waals surface area contributed by atoms with Crippen molar-refractivity contribution in [3.8, 4) is 0 Å². The molecule has 0 N–H and O–H groups in total. The molecule has 0 spiro atoms. The number of likely N-dealkylation sites (N-methyl/N-ethyl adjacent to an activating group) is 1. The zero-order valence-corrected chi connectivity index (χ0v) is 18.0. The number of hydrogen-bond acceptors (Lipinski definition) is 5. The van der Waals surface area contributed by atoms with Gasteiger partial charge in [-0.1, -0.05) is 26.0 Å². The largest absolute Gasteiger partial charge is 0.328 e. The number of rotatable bonds is 4. The number of imide groups is 1. The van der Waals surface area contributed by atoms with E-state index < -0.39 is 12.2 Å². The van der Waals surface area contributed by atoms with Crippen molar-refractivity contribution in [3.63, 3.8) is 0 Å². The lowest BCUT2D eigenvalue weighted by Gasteiger charge is -2.40. The van der Waals surface area contributed by atoms with E-state index in [0.717, 1.165) is 17.8 Å². The third-order valence-electron chi connectivity index (χ3n) is 6.13.